The lowest BCUT2D eigenvalue weighted by atomic mass is 9.97. The summed E-state index contributed by atoms with van der Waals surface area (Å²) in [5, 5.41) is 0. The van der Waals surface area contributed by atoms with Gasteiger partial charge in [-0.3, -0.25) is 0 Å². The summed E-state index contributed by atoms with van der Waals surface area (Å²) in [5.41, 5.74) is 5.04. The van der Waals surface area contributed by atoms with Gasteiger partial charge in [0.1, 0.15) is 12.4 Å². The van der Waals surface area contributed by atoms with Crippen LogP contribution in [-0.2, 0) is 17.8 Å². The molecule has 27 heavy (non-hydrogen) atoms. The molecule has 3 rings (SSSR count). The molecule has 0 aromatic heterocycles. The monoisotopic (exact) mass is 424 g/mol. The number of halogens is 1. The van der Waals surface area contributed by atoms with E-state index in [4.69, 9.17) is 9.47 Å². The molecule has 3 aromatic rings. The normalized spacial score (nSPS) is 10.5. The van der Waals surface area contributed by atoms with Crippen LogP contribution in [0.15, 0.2) is 71.2 Å². The second kappa shape index (κ2) is 8.87. The Morgan fingerprint density at radius 3 is 2.41 bits per heavy atom. The molecule has 0 heterocycles. The minimum atomic E-state index is -0.339. The highest BCUT2D eigenvalue weighted by atomic mass is 79.9. The van der Waals surface area contributed by atoms with Crippen molar-refractivity contribution >= 4 is 21.9 Å². The second-order valence-corrected chi connectivity index (χ2v) is 7.04. The van der Waals surface area contributed by atoms with Crippen molar-refractivity contribution in [3.63, 3.8) is 0 Å². The second-order valence-electron chi connectivity index (χ2n) is 6.13. The van der Waals surface area contributed by atoms with Gasteiger partial charge in [0, 0.05) is 10.0 Å². The number of ether oxygens (including phenoxy) is 2. The first-order valence-corrected chi connectivity index (χ1v) is 9.59. The number of carbonyl (C=O) groups is 1. The highest BCUT2D eigenvalue weighted by molar-refractivity contribution is 9.10. The molecule has 0 fully saturated rings. The van der Waals surface area contributed by atoms with Gasteiger partial charge in [0.15, 0.2) is 0 Å². The Bertz CT molecular complexity index is 933. The van der Waals surface area contributed by atoms with Crippen LogP contribution in [0.4, 0.5) is 0 Å². The van der Waals surface area contributed by atoms with Crippen molar-refractivity contribution in [2.45, 2.75) is 20.0 Å². The van der Waals surface area contributed by atoms with E-state index < -0.39 is 0 Å². The summed E-state index contributed by atoms with van der Waals surface area (Å²) in [6.45, 7) is 2.57. The van der Waals surface area contributed by atoms with E-state index in [2.05, 4.69) is 47.1 Å². The number of benzene rings is 3. The van der Waals surface area contributed by atoms with Crippen LogP contribution in [0.3, 0.4) is 0 Å². The van der Waals surface area contributed by atoms with Crippen LogP contribution in [0.5, 0.6) is 5.75 Å². The summed E-state index contributed by atoms with van der Waals surface area (Å²) < 4.78 is 11.9. The largest absolute Gasteiger partial charge is 0.488 e. The third kappa shape index (κ3) is 4.58. The minimum absolute atomic E-state index is 0.339. The Hall–Kier alpha value is -2.59. The molecule has 0 saturated carbocycles. The van der Waals surface area contributed by atoms with E-state index in [1.807, 2.05) is 30.3 Å². The van der Waals surface area contributed by atoms with Gasteiger partial charge in [-0.25, -0.2) is 4.79 Å². The maximum absolute atomic E-state index is 11.5. The van der Waals surface area contributed by atoms with Gasteiger partial charge in [0.25, 0.3) is 0 Å². The summed E-state index contributed by atoms with van der Waals surface area (Å²) in [5.74, 6) is 0.491. The molecule has 0 amide bonds. The fourth-order valence-corrected chi connectivity index (χ4v) is 3.31. The van der Waals surface area contributed by atoms with Crippen molar-refractivity contribution in [1.29, 1.82) is 0 Å². The van der Waals surface area contributed by atoms with Crippen LogP contribution in [-0.4, -0.2) is 13.1 Å². The highest BCUT2D eigenvalue weighted by Crippen LogP contribution is 2.35. The number of rotatable bonds is 6. The van der Waals surface area contributed by atoms with Crippen molar-refractivity contribution in [3.8, 4) is 16.9 Å². The third-order valence-corrected chi connectivity index (χ3v) is 4.89. The van der Waals surface area contributed by atoms with Crippen LogP contribution >= 0.6 is 15.9 Å². The number of hydrogen-bond acceptors (Lipinski definition) is 3. The number of carbonyl (C=O) groups excluding carboxylic acids is 1. The SMILES string of the molecule is CCc1ccccc1-c1cc(Br)ccc1OCc1ccc(C(=O)OC)cc1. The minimum Gasteiger partial charge on any atom is -0.488 e. The van der Waals surface area contributed by atoms with Crippen molar-refractivity contribution in [3.05, 3.63) is 87.9 Å². The fraction of sp³-hybridized carbons (Fsp3) is 0.174. The van der Waals surface area contributed by atoms with Crippen LogP contribution in [0.1, 0.15) is 28.4 Å². The maximum atomic E-state index is 11.5. The van der Waals surface area contributed by atoms with E-state index in [0.29, 0.717) is 12.2 Å². The predicted octanol–water partition coefficient (Wildman–Crippen LogP) is 6.04. The van der Waals surface area contributed by atoms with E-state index in [9.17, 15) is 4.79 Å². The number of aryl methyl sites for hydroxylation is 1. The van der Waals surface area contributed by atoms with Gasteiger partial charge >= 0.3 is 5.97 Å². The average Bonchev–Trinajstić information content (AvgIpc) is 2.72. The molecule has 0 aliphatic heterocycles. The third-order valence-electron chi connectivity index (χ3n) is 4.40. The van der Waals surface area contributed by atoms with Gasteiger partial charge in [-0.2, -0.15) is 0 Å². The lowest BCUT2D eigenvalue weighted by Gasteiger charge is -2.15. The predicted molar refractivity (Wildman–Crippen MR) is 111 cm³/mol. The molecule has 0 bridgehead atoms. The highest BCUT2D eigenvalue weighted by Gasteiger charge is 2.11. The van der Waals surface area contributed by atoms with E-state index in [-0.39, 0.29) is 5.97 Å². The van der Waals surface area contributed by atoms with Gasteiger partial charge in [-0.05, 0) is 53.4 Å². The number of hydrogen-bond donors (Lipinski definition) is 0. The summed E-state index contributed by atoms with van der Waals surface area (Å²) in [4.78, 5) is 11.5. The summed E-state index contributed by atoms with van der Waals surface area (Å²) >= 11 is 3.57. The zero-order valence-corrected chi connectivity index (χ0v) is 17.0. The molecule has 4 heteroatoms. The molecular formula is C23H21BrO3. The molecule has 0 N–H and O–H groups in total. The van der Waals surface area contributed by atoms with Gasteiger partial charge < -0.3 is 9.47 Å². The van der Waals surface area contributed by atoms with Gasteiger partial charge in [-0.15, -0.1) is 0 Å². The lowest BCUT2D eigenvalue weighted by Crippen LogP contribution is -2.02. The Labute approximate surface area is 168 Å². The van der Waals surface area contributed by atoms with E-state index in [1.165, 1.54) is 18.2 Å². The van der Waals surface area contributed by atoms with E-state index in [1.54, 1.807) is 12.1 Å². The van der Waals surface area contributed by atoms with E-state index in [0.717, 1.165) is 27.8 Å². The van der Waals surface area contributed by atoms with Crippen molar-refractivity contribution < 1.29 is 14.3 Å². The lowest BCUT2D eigenvalue weighted by molar-refractivity contribution is 0.0600. The van der Waals surface area contributed by atoms with Crippen molar-refractivity contribution in [2.24, 2.45) is 0 Å². The smallest absolute Gasteiger partial charge is 0.337 e. The molecule has 0 unspecified atom stereocenters. The molecule has 0 radical (unpaired) electrons. The zero-order valence-electron chi connectivity index (χ0n) is 15.4. The first kappa shape index (κ1) is 19.2. The average molecular weight is 425 g/mol. The van der Waals surface area contributed by atoms with Crippen molar-refractivity contribution in [2.75, 3.05) is 7.11 Å². The molecule has 3 aromatic carbocycles. The van der Waals surface area contributed by atoms with Gasteiger partial charge in [0.05, 0.1) is 12.7 Å². The Morgan fingerprint density at radius 2 is 1.70 bits per heavy atom. The quantitative estimate of drug-likeness (QED) is 0.452. The molecule has 3 nitrogen and oxygen atoms in total. The molecule has 0 aliphatic carbocycles. The van der Waals surface area contributed by atoms with Crippen LogP contribution in [0.25, 0.3) is 11.1 Å². The fourth-order valence-electron chi connectivity index (χ4n) is 2.95. The first-order valence-electron chi connectivity index (χ1n) is 8.80. The zero-order chi connectivity index (χ0) is 19.2. The summed E-state index contributed by atoms with van der Waals surface area (Å²) in [6.07, 6.45) is 0.955. The van der Waals surface area contributed by atoms with Crippen molar-refractivity contribution in [1.82, 2.24) is 0 Å². The van der Waals surface area contributed by atoms with Crippen LogP contribution in [0.2, 0.25) is 0 Å². The van der Waals surface area contributed by atoms with Gasteiger partial charge in [-0.1, -0.05) is 59.3 Å². The topological polar surface area (TPSA) is 35.5 Å². The Kier molecular flexibility index (Phi) is 6.30. The molecule has 0 atom stereocenters. The van der Waals surface area contributed by atoms with Crippen LogP contribution < -0.4 is 4.74 Å². The Balaban J connectivity index is 1.84. The number of esters is 1. The molecule has 138 valence electrons. The first-order chi connectivity index (χ1) is 13.1. The van der Waals surface area contributed by atoms with Crippen LogP contribution in [0, 0.1) is 0 Å². The molecule has 0 aliphatic rings. The molecule has 0 spiro atoms. The summed E-state index contributed by atoms with van der Waals surface area (Å²) in [6, 6.07) is 21.7. The molecular weight excluding hydrogens is 404 g/mol. The maximum Gasteiger partial charge on any atom is 0.337 e. The Morgan fingerprint density at radius 1 is 0.963 bits per heavy atom. The van der Waals surface area contributed by atoms with Gasteiger partial charge in [0.2, 0.25) is 0 Å². The number of methoxy groups -OCH3 is 1. The standard InChI is InChI=1S/C23H21BrO3/c1-3-17-6-4-5-7-20(17)21-14-19(24)12-13-22(21)27-15-16-8-10-18(11-9-16)23(25)26-2/h4-14H,3,15H2,1-2H3. The summed E-state index contributed by atoms with van der Waals surface area (Å²) in [7, 11) is 1.38. The molecule has 0 saturated heterocycles. The van der Waals surface area contributed by atoms with E-state index >= 15 is 0 Å².